The van der Waals surface area contributed by atoms with E-state index in [9.17, 15) is 4.79 Å². The van der Waals surface area contributed by atoms with E-state index in [1.165, 1.54) is 6.42 Å². The summed E-state index contributed by atoms with van der Waals surface area (Å²) in [7, 11) is 0. The Kier molecular flexibility index (Phi) is 7.10. The lowest BCUT2D eigenvalue weighted by Gasteiger charge is -2.25. The number of hydrogen-bond donors (Lipinski definition) is 1. The summed E-state index contributed by atoms with van der Waals surface area (Å²) in [6.45, 7) is 8.40. The Morgan fingerprint density at radius 3 is 2.59 bits per heavy atom. The third-order valence-electron chi connectivity index (χ3n) is 3.57. The first-order valence-corrected chi connectivity index (χ1v) is 6.50. The molecule has 102 valence electrons. The van der Waals surface area contributed by atoms with E-state index in [4.69, 9.17) is 5.73 Å². The summed E-state index contributed by atoms with van der Waals surface area (Å²) < 4.78 is 0. The molecule has 1 aliphatic heterocycles. The van der Waals surface area contributed by atoms with Crippen molar-refractivity contribution in [3.8, 4) is 0 Å². The van der Waals surface area contributed by atoms with Crippen molar-refractivity contribution in [3.63, 3.8) is 0 Å². The van der Waals surface area contributed by atoms with Gasteiger partial charge in [0, 0.05) is 13.1 Å². The van der Waals surface area contributed by atoms with Crippen LogP contribution in [0.5, 0.6) is 0 Å². The smallest absolute Gasteiger partial charge is 0.239 e. The summed E-state index contributed by atoms with van der Waals surface area (Å²) in [5.41, 5.74) is 6.26. The Labute approximate surface area is 112 Å². The van der Waals surface area contributed by atoms with Gasteiger partial charge in [0.05, 0.1) is 6.04 Å². The van der Waals surface area contributed by atoms with E-state index in [-0.39, 0.29) is 24.4 Å². The van der Waals surface area contributed by atoms with Gasteiger partial charge in [0.2, 0.25) is 5.91 Å². The summed E-state index contributed by atoms with van der Waals surface area (Å²) in [4.78, 5) is 14.0. The number of carbonyl (C=O) groups is 1. The number of likely N-dealkylation sites (tertiary alicyclic amines) is 1. The molecule has 0 aromatic heterocycles. The van der Waals surface area contributed by atoms with Crippen LogP contribution in [0.1, 0.15) is 52.9 Å². The van der Waals surface area contributed by atoms with Crippen molar-refractivity contribution in [2.45, 2.75) is 58.9 Å². The van der Waals surface area contributed by atoms with Gasteiger partial charge >= 0.3 is 0 Å². The zero-order valence-electron chi connectivity index (χ0n) is 11.4. The van der Waals surface area contributed by atoms with Crippen LogP contribution in [0.3, 0.4) is 0 Å². The molecule has 1 atom stereocenters. The number of nitrogens with zero attached hydrogens (tertiary/aromatic N) is 1. The molecule has 17 heavy (non-hydrogen) atoms. The Hall–Kier alpha value is -0.280. The maximum Gasteiger partial charge on any atom is 0.239 e. The van der Waals surface area contributed by atoms with E-state index in [0.29, 0.717) is 5.41 Å². The van der Waals surface area contributed by atoms with Gasteiger partial charge in [-0.1, -0.05) is 27.2 Å². The molecule has 0 aliphatic carbocycles. The molecular weight excluding hydrogens is 236 g/mol. The summed E-state index contributed by atoms with van der Waals surface area (Å²) >= 11 is 0. The maximum absolute atomic E-state index is 12.1. The molecule has 1 fully saturated rings. The largest absolute Gasteiger partial charge is 0.341 e. The number of hydrogen-bond acceptors (Lipinski definition) is 2. The quantitative estimate of drug-likeness (QED) is 0.850. The Bertz CT molecular complexity index is 244. The molecule has 3 nitrogen and oxygen atoms in total. The van der Waals surface area contributed by atoms with Gasteiger partial charge in [-0.05, 0) is 31.1 Å². The van der Waals surface area contributed by atoms with Gasteiger partial charge in [-0.3, -0.25) is 4.79 Å². The first-order chi connectivity index (χ1) is 7.46. The van der Waals surface area contributed by atoms with Crippen LogP contribution in [0.2, 0.25) is 0 Å². The van der Waals surface area contributed by atoms with Crippen molar-refractivity contribution >= 4 is 18.3 Å². The third-order valence-corrected chi connectivity index (χ3v) is 3.57. The summed E-state index contributed by atoms with van der Waals surface area (Å²) in [6, 6.07) is -0.286. The van der Waals surface area contributed by atoms with Crippen LogP contribution in [-0.4, -0.2) is 29.9 Å². The van der Waals surface area contributed by atoms with E-state index in [1.54, 1.807) is 0 Å². The molecule has 1 aliphatic rings. The van der Waals surface area contributed by atoms with Crippen LogP contribution < -0.4 is 5.73 Å². The topological polar surface area (TPSA) is 46.3 Å². The predicted molar refractivity (Wildman–Crippen MR) is 74.3 cm³/mol. The van der Waals surface area contributed by atoms with E-state index in [0.717, 1.165) is 38.8 Å². The van der Waals surface area contributed by atoms with Gasteiger partial charge in [0.1, 0.15) is 0 Å². The van der Waals surface area contributed by atoms with Gasteiger partial charge in [-0.15, -0.1) is 12.4 Å². The third kappa shape index (κ3) is 5.26. The fourth-order valence-corrected chi connectivity index (χ4v) is 2.31. The van der Waals surface area contributed by atoms with E-state index >= 15 is 0 Å². The second kappa shape index (κ2) is 7.22. The van der Waals surface area contributed by atoms with Crippen LogP contribution >= 0.6 is 12.4 Å². The highest BCUT2D eigenvalue weighted by molar-refractivity contribution is 5.85. The van der Waals surface area contributed by atoms with E-state index in [1.807, 2.05) is 4.90 Å². The minimum absolute atomic E-state index is 0. The van der Waals surface area contributed by atoms with Crippen LogP contribution in [0, 0.1) is 5.41 Å². The van der Waals surface area contributed by atoms with Gasteiger partial charge in [0.25, 0.3) is 0 Å². The van der Waals surface area contributed by atoms with E-state index < -0.39 is 0 Å². The lowest BCUT2D eigenvalue weighted by Crippen LogP contribution is -2.44. The number of carbonyl (C=O) groups excluding carboxylic acids is 1. The normalized spacial score (nSPS) is 21.3. The Balaban J connectivity index is 0.00000256. The number of rotatable bonds is 3. The van der Waals surface area contributed by atoms with Crippen molar-refractivity contribution in [2.24, 2.45) is 11.1 Å². The van der Waals surface area contributed by atoms with Gasteiger partial charge < -0.3 is 10.6 Å². The zero-order valence-corrected chi connectivity index (χ0v) is 12.2. The summed E-state index contributed by atoms with van der Waals surface area (Å²) in [6.07, 6.45) is 5.19. The van der Waals surface area contributed by atoms with Gasteiger partial charge in [0.15, 0.2) is 0 Å². The number of nitrogens with two attached hydrogens (primary N) is 1. The lowest BCUT2D eigenvalue weighted by atomic mass is 9.85. The van der Waals surface area contributed by atoms with Crippen LogP contribution in [0.25, 0.3) is 0 Å². The van der Waals surface area contributed by atoms with Gasteiger partial charge in [-0.2, -0.15) is 0 Å². The lowest BCUT2D eigenvalue weighted by molar-refractivity contribution is -0.132. The second-order valence-electron chi connectivity index (χ2n) is 5.74. The van der Waals surface area contributed by atoms with Crippen molar-refractivity contribution < 1.29 is 4.79 Å². The average molecular weight is 263 g/mol. The predicted octanol–water partition coefficient (Wildman–Crippen LogP) is 2.57. The minimum Gasteiger partial charge on any atom is -0.341 e. The Morgan fingerprint density at radius 2 is 2.00 bits per heavy atom. The molecule has 0 spiro atoms. The fraction of sp³-hybridized carbons (Fsp3) is 0.923. The molecule has 0 aromatic carbocycles. The molecule has 1 heterocycles. The molecule has 1 rings (SSSR count). The molecule has 4 heteroatoms. The monoisotopic (exact) mass is 262 g/mol. The van der Waals surface area contributed by atoms with Crippen LogP contribution in [-0.2, 0) is 4.79 Å². The average Bonchev–Trinajstić information content (AvgIpc) is 2.39. The van der Waals surface area contributed by atoms with E-state index in [2.05, 4.69) is 20.8 Å². The molecule has 0 radical (unpaired) electrons. The molecule has 1 unspecified atom stereocenters. The zero-order chi connectivity index (χ0) is 12.2. The van der Waals surface area contributed by atoms with Crippen molar-refractivity contribution in [1.82, 2.24) is 4.90 Å². The second-order valence-corrected chi connectivity index (χ2v) is 5.74. The first kappa shape index (κ1) is 16.7. The molecule has 1 amide bonds. The number of amides is 1. The molecule has 1 saturated heterocycles. The summed E-state index contributed by atoms with van der Waals surface area (Å²) in [5, 5.41) is 0. The molecular formula is C13H27ClN2O. The highest BCUT2D eigenvalue weighted by Gasteiger charge is 2.27. The molecule has 0 saturated carbocycles. The number of halogens is 1. The highest BCUT2D eigenvalue weighted by Crippen LogP contribution is 2.29. The van der Waals surface area contributed by atoms with Crippen LogP contribution in [0.15, 0.2) is 0 Å². The fourth-order valence-electron chi connectivity index (χ4n) is 2.31. The van der Waals surface area contributed by atoms with Gasteiger partial charge in [-0.25, -0.2) is 0 Å². The van der Waals surface area contributed by atoms with Crippen LogP contribution in [0.4, 0.5) is 0 Å². The van der Waals surface area contributed by atoms with Crippen molar-refractivity contribution in [1.29, 1.82) is 0 Å². The maximum atomic E-state index is 12.1. The minimum atomic E-state index is -0.286. The highest BCUT2D eigenvalue weighted by atomic mass is 35.5. The molecule has 0 bridgehead atoms. The SMILES string of the molecule is CCCC(N)C(=O)N1CCCC(C)(C)CC1.Cl. The first-order valence-electron chi connectivity index (χ1n) is 6.50. The standard InChI is InChI=1S/C13H26N2O.ClH/c1-4-6-11(14)12(16)15-9-5-7-13(2,3)8-10-15;/h11H,4-10,14H2,1-3H3;1H. The Morgan fingerprint density at radius 1 is 1.35 bits per heavy atom. The molecule has 2 N–H and O–H groups in total. The molecule has 0 aromatic rings. The van der Waals surface area contributed by atoms with Crippen molar-refractivity contribution in [2.75, 3.05) is 13.1 Å². The summed E-state index contributed by atoms with van der Waals surface area (Å²) in [5.74, 6) is 0.152. The van der Waals surface area contributed by atoms with Crippen molar-refractivity contribution in [3.05, 3.63) is 0 Å².